The summed E-state index contributed by atoms with van der Waals surface area (Å²) in [7, 11) is 0. The number of hydrogen-bond acceptors (Lipinski definition) is 7. The molecule has 3 rings (SSSR count). The van der Waals surface area contributed by atoms with Crippen LogP contribution in [0.5, 0.6) is 0 Å². The highest BCUT2D eigenvalue weighted by molar-refractivity contribution is 7.13. The summed E-state index contributed by atoms with van der Waals surface area (Å²) in [5.74, 6) is -0.119. The van der Waals surface area contributed by atoms with Crippen molar-refractivity contribution < 1.29 is 4.79 Å². The van der Waals surface area contributed by atoms with Crippen molar-refractivity contribution in [2.75, 3.05) is 5.32 Å². The van der Waals surface area contributed by atoms with Crippen LogP contribution in [-0.2, 0) is 4.79 Å². The van der Waals surface area contributed by atoms with Crippen LogP contribution in [0.4, 0.5) is 5.13 Å². The molecule has 0 bridgehead atoms. The van der Waals surface area contributed by atoms with E-state index >= 15 is 0 Å². The van der Waals surface area contributed by atoms with Gasteiger partial charge in [0.15, 0.2) is 5.13 Å². The van der Waals surface area contributed by atoms with Crippen LogP contribution < -0.4 is 5.32 Å². The fraction of sp³-hybridized carbons (Fsp3) is 0.182. The Morgan fingerprint density at radius 1 is 1.45 bits per heavy atom. The first-order chi connectivity index (χ1) is 9.83. The highest BCUT2D eigenvalue weighted by Gasteiger charge is 2.20. The van der Waals surface area contributed by atoms with Crippen LogP contribution in [0.2, 0.25) is 0 Å². The van der Waals surface area contributed by atoms with Gasteiger partial charge in [-0.2, -0.15) is 11.3 Å². The van der Waals surface area contributed by atoms with E-state index in [2.05, 4.69) is 25.8 Å². The van der Waals surface area contributed by atoms with Gasteiger partial charge in [-0.1, -0.05) is 0 Å². The van der Waals surface area contributed by atoms with Gasteiger partial charge in [0.25, 0.3) is 0 Å². The molecule has 7 nitrogen and oxygen atoms in total. The number of hydrogen-bond donors (Lipinski definition) is 1. The molecule has 3 aromatic heterocycles. The maximum Gasteiger partial charge on any atom is 0.228 e. The van der Waals surface area contributed by atoms with Crippen molar-refractivity contribution in [3.63, 3.8) is 0 Å². The topological polar surface area (TPSA) is 85.6 Å². The molecule has 0 aliphatic heterocycles. The van der Waals surface area contributed by atoms with Crippen LogP contribution >= 0.6 is 22.7 Å². The van der Waals surface area contributed by atoms with E-state index in [1.165, 1.54) is 17.7 Å². The molecule has 20 heavy (non-hydrogen) atoms. The Labute approximate surface area is 122 Å². The second-order valence-corrected chi connectivity index (χ2v) is 5.63. The first kappa shape index (κ1) is 12.9. The normalized spacial score (nSPS) is 12.2. The fourth-order valence-electron chi connectivity index (χ4n) is 1.77. The highest BCUT2D eigenvalue weighted by atomic mass is 32.1. The molecule has 0 aliphatic carbocycles. The molecule has 0 fully saturated rings. The third-order valence-corrected chi connectivity index (χ3v) is 4.06. The Balaban J connectivity index is 1.75. The summed E-state index contributed by atoms with van der Waals surface area (Å²) >= 11 is 2.96. The Kier molecular flexibility index (Phi) is 3.79. The predicted octanol–water partition coefficient (Wildman–Crippen LogP) is 1.81. The molecular formula is C11H10N6OS2. The maximum atomic E-state index is 12.1. The molecule has 102 valence electrons. The van der Waals surface area contributed by atoms with Gasteiger partial charge in [-0.05, 0) is 32.8 Å². The zero-order valence-electron chi connectivity index (χ0n) is 10.2. The molecule has 1 atom stereocenters. The van der Waals surface area contributed by atoms with Gasteiger partial charge in [-0.25, -0.2) is 9.67 Å². The number of thiophene rings is 1. The van der Waals surface area contributed by atoms with Gasteiger partial charge in [0, 0.05) is 11.6 Å². The fourth-order valence-corrected chi connectivity index (χ4v) is 3.02. The van der Waals surface area contributed by atoms with E-state index in [0.717, 1.165) is 5.56 Å². The average molecular weight is 306 g/mol. The smallest absolute Gasteiger partial charge is 0.228 e. The Morgan fingerprint density at radius 2 is 2.40 bits per heavy atom. The van der Waals surface area contributed by atoms with Gasteiger partial charge in [0.2, 0.25) is 5.91 Å². The Bertz CT molecular complexity index is 615. The summed E-state index contributed by atoms with van der Waals surface area (Å²) in [5, 5.41) is 20.3. The second-order valence-electron chi connectivity index (χ2n) is 3.95. The van der Waals surface area contributed by atoms with Crippen molar-refractivity contribution in [2.24, 2.45) is 0 Å². The average Bonchev–Trinajstić information content (AvgIpc) is 3.18. The summed E-state index contributed by atoms with van der Waals surface area (Å²) in [5.41, 5.74) is 1.01. The molecule has 3 aromatic rings. The van der Waals surface area contributed by atoms with Gasteiger partial charge < -0.3 is 5.32 Å². The first-order valence-electron chi connectivity index (χ1n) is 5.77. The summed E-state index contributed by atoms with van der Waals surface area (Å²) in [4.78, 5) is 16.1. The maximum absolute atomic E-state index is 12.1. The van der Waals surface area contributed by atoms with Crippen molar-refractivity contribution in [2.45, 2.75) is 12.5 Å². The lowest BCUT2D eigenvalue weighted by Gasteiger charge is -2.14. The van der Waals surface area contributed by atoms with E-state index in [1.54, 1.807) is 22.2 Å². The van der Waals surface area contributed by atoms with E-state index in [1.807, 2.05) is 22.2 Å². The van der Waals surface area contributed by atoms with Crippen LogP contribution in [0, 0.1) is 0 Å². The second kappa shape index (κ2) is 5.88. The van der Waals surface area contributed by atoms with Crippen molar-refractivity contribution >= 4 is 33.7 Å². The minimum atomic E-state index is -0.212. The van der Waals surface area contributed by atoms with Gasteiger partial charge in [0.1, 0.15) is 6.33 Å². The number of tetrazole rings is 1. The number of nitrogens with zero attached hydrogens (tertiary/aromatic N) is 5. The molecule has 0 saturated carbocycles. The Morgan fingerprint density at radius 3 is 3.05 bits per heavy atom. The van der Waals surface area contributed by atoms with Gasteiger partial charge in [0.05, 0.1) is 12.5 Å². The molecule has 0 radical (unpaired) electrons. The number of aromatic nitrogens is 5. The summed E-state index contributed by atoms with van der Waals surface area (Å²) in [6.07, 6.45) is 3.42. The minimum Gasteiger partial charge on any atom is -0.302 e. The van der Waals surface area contributed by atoms with Crippen LogP contribution in [0.3, 0.4) is 0 Å². The molecule has 0 saturated heterocycles. The highest BCUT2D eigenvalue weighted by Crippen LogP contribution is 2.24. The lowest BCUT2D eigenvalue weighted by molar-refractivity contribution is -0.116. The summed E-state index contributed by atoms with van der Waals surface area (Å²) in [6, 6.07) is 1.75. The largest absolute Gasteiger partial charge is 0.302 e. The van der Waals surface area contributed by atoms with Crippen LogP contribution in [-0.4, -0.2) is 31.1 Å². The molecule has 1 amide bonds. The number of thiazole rings is 1. The lowest BCUT2D eigenvalue weighted by Crippen LogP contribution is -2.20. The number of nitrogens with one attached hydrogen (secondary N) is 1. The first-order valence-corrected chi connectivity index (χ1v) is 7.59. The van der Waals surface area contributed by atoms with Crippen LogP contribution in [0.25, 0.3) is 0 Å². The van der Waals surface area contributed by atoms with Crippen LogP contribution in [0.1, 0.15) is 18.0 Å². The zero-order valence-corrected chi connectivity index (χ0v) is 11.8. The molecule has 0 spiro atoms. The predicted molar refractivity (Wildman–Crippen MR) is 75.6 cm³/mol. The lowest BCUT2D eigenvalue weighted by atomic mass is 10.1. The molecule has 0 aliphatic rings. The van der Waals surface area contributed by atoms with Gasteiger partial charge >= 0.3 is 0 Å². The molecule has 1 unspecified atom stereocenters. The number of carbonyl (C=O) groups is 1. The van der Waals surface area contributed by atoms with E-state index in [4.69, 9.17) is 0 Å². The Hall–Kier alpha value is -2.13. The monoisotopic (exact) mass is 306 g/mol. The van der Waals surface area contributed by atoms with Crippen molar-refractivity contribution in [3.8, 4) is 0 Å². The number of carbonyl (C=O) groups excluding carboxylic acids is 1. The summed E-state index contributed by atoms with van der Waals surface area (Å²) in [6.45, 7) is 0. The van der Waals surface area contributed by atoms with Gasteiger partial charge in [-0.3, -0.25) is 4.79 Å². The van der Waals surface area contributed by atoms with Crippen LogP contribution in [0.15, 0.2) is 34.7 Å². The van der Waals surface area contributed by atoms with E-state index in [0.29, 0.717) is 5.13 Å². The molecule has 3 heterocycles. The number of rotatable bonds is 5. The zero-order chi connectivity index (χ0) is 13.8. The molecule has 0 aromatic carbocycles. The third kappa shape index (κ3) is 2.89. The molecule has 9 heteroatoms. The standard InChI is InChI=1S/C11H10N6OS2/c18-10(14-11-12-2-4-20-11)5-9(8-1-3-19-6-8)17-7-13-15-16-17/h1-4,6-7,9H,5H2,(H,12,14,18). The summed E-state index contributed by atoms with van der Waals surface area (Å²) < 4.78 is 1.59. The van der Waals surface area contributed by atoms with Crippen molar-refractivity contribution in [1.29, 1.82) is 0 Å². The minimum absolute atomic E-state index is 0.119. The SMILES string of the molecule is O=C(CC(c1ccsc1)n1cnnn1)Nc1nccs1. The third-order valence-electron chi connectivity index (χ3n) is 2.67. The van der Waals surface area contributed by atoms with E-state index in [9.17, 15) is 4.79 Å². The van der Waals surface area contributed by atoms with Crippen molar-refractivity contribution in [3.05, 3.63) is 40.3 Å². The quantitative estimate of drug-likeness (QED) is 0.777. The van der Waals surface area contributed by atoms with E-state index < -0.39 is 0 Å². The van der Waals surface area contributed by atoms with E-state index in [-0.39, 0.29) is 18.4 Å². The molecular weight excluding hydrogens is 296 g/mol. The number of amides is 1. The number of anilines is 1. The van der Waals surface area contributed by atoms with Crippen molar-refractivity contribution in [1.82, 2.24) is 25.2 Å². The molecule has 1 N–H and O–H groups in total. The van der Waals surface area contributed by atoms with Gasteiger partial charge in [-0.15, -0.1) is 16.4 Å².